The third kappa shape index (κ3) is 4.50. The standard InChI is InChI=1S/C20H21N5O5S2/c1-25(20-16-8-2-3-9-17(16)32(29,30)24-20)13-19(26)22-14-6-4-7-15(12-14)31(27,28)23-18-10-5-11-21-18/h2-4,6-9,12H,5,10-11,13H2,1H3,(H,21,23)(H,22,26). The molecule has 0 saturated heterocycles. The lowest BCUT2D eigenvalue weighted by atomic mass is 10.2. The number of nitrogens with zero attached hydrogens (tertiary/aromatic N) is 3. The average molecular weight is 476 g/mol. The minimum Gasteiger partial charge on any atom is -0.349 e. The number of rotatable bonds is 5. The highest BCUT2D eigenvalue weighted by Crippen LogP contribution is 2.27. The summed E-state index contributed by atoms with van der Waals surface area (Å²) >= 11 is 0. The van der Waals surface area contributed by atoms with Crippen LogP contribution in [0.4, 0.5) is 5.69 Å². The number of hydrogen-bond acceptors (Lipinski definition) is 7. The lowest BCUT2D eigenvalue weighted by molar-refractivity contribution is -0.116. The van der Waals surface area contributed by atoms with E-state index in [1.807, 2.05) is 0 Å². The van der Waals surface area contributed by atoms with Crippen molar-refractivity contribution in [1.82, 2.24) is 9.62 Å². The van der Waals surface area contributed by atoms with E-state index >= 15 is 0 Å². The molecule has 0 fully saturated rings. The number of hydrogen-bond donors (Lipinski definition) is 2. The minimum atomic E-state index is -3.81. The Hall–Kier alpha value is -3.25. The fraction of sp³-hybridized carbons (Fsp3) is 0.250. The van der Waals surface area contributed by atoms with Crippen molar-refractivity contribution in [3.8, 4) is 0 Å². The van der Waals surface area contributed by atoms with Crippen LogP contribution in [0.2, 0.25) is 0 Å². The van der Waals surface area contributed by atoms with Gasteiger partial charge >= 0.3 is 0 Å². The molecule has 2 heterocycles. The Morgan fingerprint density at radius 2 is 1.94 bits per heavy atom. The van der Waals surface area contributed by atoms with Crippen molar-refractivity contribution < 1.29 is 21.6 Å². The summed E-state index contributed by atoms with van der Waals surface area (Å²) in [6.45, 7) is 0.410. The summed E-state index contributed by atoms with van der Waals surface area (Å²) in [5.41, 5.74) is 0.720. The molecule has 1 amide bonds. The fourth-order valence-corrected chi connectivity index (χ4v) is 5.82. The van der Waals surface area contributed by atoms with Gasteiger partial charge in [0.05, 0.1) is 11.4 Å². The van der Waals surface area contributed by atoms with Crippen LogP contribution in [0.1, 0.15) is 18.4 Å². The third-order valence-corrected chi connectivity index (χ3v) is 7.61. The summed E-state index contributed by atoms with van der Waals surface area (Å²) in [6, 6.07) is 12.3. The van der Waals surface area contributed by atoms with Crippen LogP contribution in [0.5, 0.6) is 0 Å². The molecule has 12 heteroatoms. The van der Waals surface area contributed by atoms with Gasteiger partial charge in [-0.05, 0) is 36.8 Å². The molecule has 10 nitrogen and oxygen atoms in total. The predicted octanol–water partition coefficient (Wildman–Crippen LogP) is 1.18. The first-order valence-corrected chi connectivity index (χ1v) is 12.7. The van der Waals surface area contributed by atoms with Crippen molar-refractivity contribution in [3.05, 3.63) is 54.1 Å². The molecule has 32 heavy (non-hydrogen) atoms. The van der Waals surface area contributed by atoms with Crippen LogP contribution in [0, 0.1) is 0 Å². The molecule has 168 valence electrons. The van der Waals surface area contributed by atoms with E-state index in [2.05, 4.69) is 19.4 Å². The van der Waals surface area contributed by atoms with Crippen molar-refractivity contribution in [2.24, 2.45) is 9.39 Å². The van der Waals surface area contributed by atoms with Gasteiger partial charge in [-0.25, -0.2) is 8.42 Å². The lowest BCUT2D eigenvalue weighted by Gasteiger charge is -2.18. The van der Waals surface area contributed by atoms with Gasteiger partial charge in [0, 0.05) is 31.3 Å². The van der Waals surface area contributed by atoms with Crippen LogP contribution in [0.15, 0.2) is 67.7 Å². The Bertz CT molecular complexity index is 1350. The van der Waals surface area contributed by atoms with Gasteiger partial charge in [-0.2, -0.15) is 8.42 Å². The number of fused-ring (bicyclic) bond motifs is 1. The summed E-state index contributed by atoms with van der Waals surface area (Å²) in [7, 11) is -6.05. The Balaban J connectivity index is 1.45. The van der Waals surface area contributed by atoms with Gasteiger partial charge in [-0.3, -0.25) is 14.5 Å². The Kier molecular flexibility index (Phi) is 5.73. The molecule has 2 aliphatic heterocycles. The second kappa shape index (κ2) is 8.36. The van der Waals surface area contributed by atoms with Crippen molar-refractivity contribution in [2.75, 3.05) is 25.5 Å². The lowest BCUT2D eigenvalue weighted by Crippen LogP contribution is -2.35. The SMILES string of the molecule is CN(CC(=O)Nc1cccc(S(=O)(=O)NC2=NCCC2)c1)C1=NS(=O)(=O)c2ccccc21. The molecule has 4 rings (SSSR count). The summed E-state index contributed by atoms with van der Waals surface area (Å²) in [5, 5.41) is 2.64. The molecule has 0 unspecified atom stereocenters. The number of amidine groups is 2. The summed E-state index contributed by atoms with van der Waals surface area (Å²) in [6.07, 6.45) is 1.38. The van der Waals surface area contributed by atoms with E-state index in [1.165, 1.54) is 29.2 Å². The number of anilines is 1. The predicted molar refractivity (Wildman–Crippen MR) is 120 cm³/mol. The monoisotopic (exact) mass is 475 g/mol. The van der Waals surface area contributed by atoms with E-state index in [0.29, 0.717) is 30.1 Å². The number of likely N-dealkylation sites (N-methyl/N-ethyl adjacent to an activating group) is 1. The fourth-order valence-electron chi connectivity index (χ4n) is 3.43. The van der Waals surface area contributed by atoms with E-state index in [1.54, 1.807) is 31.3 Å². The number of nitrogens with one attached hydrogen (secondary N) is 2. The minimum absolute atomic E-state index is 0.00144. The molecule has 0 aliphatic carbocycles. The normalized spacial score (nSPS) is 16.7. The van der Waals surface area contributed by atoms with E-state index in [4.69, 9.17) is 0 Å². The first kappa shape index (κ1) is 22.0. The van der Waals surface area contributed by atoms with E-state index in [9.17, 15) is 21.6 Å². The van der Waals surface area contributed by atoms with Crippen LogP contribution < -0.4 is 10.0 Å². The van der Waals surface area contributed by atoms with Gasteiger partial charge in [0.15, 0.2) is 5.84 Å². The Morgan fingerprint density at radius 1 is 1.16 bits per heavy atom. The first-order valence-electron chi connectivity index (χ1n) is 9.77. The quantitative estimate of drug-likeness (QED) is 0.666. The average Bonchev–Trinajstić information content (AvgIpc) is 3.33. The molecule has 2 N–H and O–H groups in total. The molecular weight excluding hydrogens is 454 g/mol. The largest absolute Gasteiger partial charge is 0.349 e. The Morgan fingerprint density at radius 3 is 2.69 bits per heavy atom. The number of carbonyl (C=O) groups is 1. The number of benzene rings is 2. The number of carbonyl (C=O) groups excluding carboxylic acids is 1. The molecule has 0 bridgehead atoms. The zero-order chi connectivity index (χ0) is 22.9. The topological polar surface area (TPSA) is 137 Å². The Labute approximate surface area is 186 Å². The third-order valence-electron chi connectivity index (χ3n) is 4.91. The van der Waals surface area contributed by atoms with Gasteiger partial charge in [-0.1, -0.05) is 18.2 Å². The van der Waals surface area contributed by atoms with Crippen molar-refractivity contribution in [1.29, 1.82) is 0 Å². The van der Waals surface area contributed by atoms with Crippen molar-refractivity contribution in [3.63, 3.8) is 0 Å². The molecule has 0 saturated carbocycles. The highest BCUT2D eigenvalue weighted by Gasteiger charge is 2.31. The van der Waals surface area contributed by atoms with Gasteiger partial charge < -0.3 is 10.2 Å². The van der Waals surface area contributed by atoms with E-state index < -0.39 is 26.0 Å². The molecule has 2 aliphatic rings. The van der Waals surface area contributed by atoms with E-state index in [-0.39, 0.29) is 22.2 Å². The maximum absolute atomic E-state index is 12.6. The second-order valence-electron chi connectivity index (χ2n) is 7.36. The molecular formula is C20H21N5O5S2. The van der Waals surface area contributed by atoms with Crippen molar-refractivity contribution >= 4 is 43.3 Å². The first-order chi connectivity index (χ1) is 15.2. The molecule has 2 aromatic carbocycles. The molecule has 0 atom stereocenters. The second-order valence-corrected chi connectivity index (χ2v) is 10.6. The van der Waals surface area contributed by atoms with Gasteiger partial charge in [-0.15, -0.1) is 4.40 Å². The highest BCUT2D eigenvalue weighted by atomic mass is 32.2. The van der Waals surface area contributed by atoms with Crippen LogP contribution >= 0.6 is 0 Å². The summed E-state index contributed by atoms with van der Waals surface area (Å²) in [4.78, 5) is 18.2. The highest BCUT2D eigenvalue weighted by molar-refractivity contribution is 7.90. The van der Waals surface area contributed by atoms with Crippen LogP contribution in [0.25, 0.3) is 0 Å². The van der Waals surface area contributed by atoms with Crippen LogP contribution in [-0.2, 0) is 24.8 Å². The summed E-state index contributed by atoms with van der Waals surface area (Å²) in [5.74, 6) is 0.141. The molecule has 0 spiro atoms. The summed E-state index contributed by atoms with van der Waals surface area (Å²) < 4.78 is 55.8. The maximum atomic E-state index is 12.6. The number of amides is 1. The molecule has 0 aromatic heterocycles. The molecule has 0 radical (unpaired) electrons. The zero-order valence-corrected chi connectivity index (χ0v) is 18.8. The smallest absolute Gasteiger partial charge is 0.285 e. The van der Waals surface area contributed by atoms with Crippen molar-refractivity contribution in [2.45, 2.75) is 22.6 Å². The number of aliphatic imine (C=N–C) groups is 1. The van der Waals surface area contributed by atoms with Gasteiger partial charge in [0.2, 0.25) is 5.91 Å². The van der Waals surface area contributed by atoms with E-state index in [0.717, 1.165) is 6.42 Å². The van der Waals surface area contributed by atoms with Gasteiger partial charge in [0.1, 0.15) is 10.7 Å². The van der Waals surface area contributed by atoms with Crippen LogP contribution in [0.3, 0.4) is 0 Å². The van der Waals surface area contributed by atoms with Gasteiger partial charge in [0.25, 0.3) is 20.0 Å². The number of sulfonamides is 2. The zero-order valence-electron chi connectivity index (χ0n) is 17.1. The van der Waals surface area contributed by atoms with Crippen LogP contribution in [-0.4, -0.2) is 59.5 Å². The molecule has 2 aromatic rings. The maximum Gasteiger partial charge on any atom is 0.285 e.